The van der Waals surface area contributed by atoms with Crippen molar-refractivity contribution in [3.63, 3.8) is 0 Å². The number of rotatable bonds is 7. The second-order valence-electron chi connectivity index (χ2n) is 3.99. The van der Waals surface area contributed by atoms with Crippen LogP contribution in [0.4, 0.5) is 0 Å². The van der Waals surface area contributed by atoms with Crippen molar-refractivity contribution in [2.24, 2.45) is 0 Å². The lowest BCUT2D eigenvalue weighted by Gasteiger charge is -2.15. The van der Waals surface area contributed by atoms with E-state index >= 15 is 0 Å². The topological polar surface area (TPSA) is 54.5 Å². The van der Waals surface area contributed by atoms with Crippen molar-refractivity contribution in [1.82, 2.24) is 15.2 Å². The third kappa shape index (κ3) is 4.04. The molecule has 1 rings (SSSR count). The quantitative estimate of drug-likeness (QED) is 0.817. The fraction of sp³-hybridized carbons (Fsp3) is 0.667. The number of thiazole rings is 1. The average Bonchev–Trinajstić information content (AvgIpc) is 2.84. The van der Waals surface area contributed by atoms with Crippen LogP contribution in [-0.2, 0) is 4.74 Å². The number of hydrogen-bond acceptors (Lipinski definition) is 5. The smallest absolute Gasteiger partial charge is 0.265 e. The van der Waals surface area contributed by atoms with Gasteiger partial charge in [-0.1, -0.05) is 0 Å². The molecular weight excluding hydrogens is 250 g/mol. The van der Waals surface area contributed by atoms with Gasteiger partial charge in [0.1, 0.15) is 16.0 Å². The van der Waals surface area contributed by atoms with Crippen LogP contribution in [0.2, 0.25) is 0 Å². The maximum absolute atomic E-state index is 12.1. The maximum Gasteiger partial charge on any atom is 0.265 e. The van der Waals surface area contributed by atoms with E-state index in [0.717, 1.165) is 11.6 Å². The van der Waals surface area contributed by atoms with Gasteiger partial charge in [0.05, 0.1) is 6.20 Å². The van der Waals surface area contributed by atoms with E-state index in [0.29, 0.717) is 18.0 Å². The molecule has 1 aromatic heterocycles. The van der Waals surface area contributed by atoms with Crippen LogP contribution in [0.25, 0.3) is 0 Å². The molecule has 18 heavy (non-hydrogen) atoms. The summed E-state index contributed by atoms with van der Waals surface area (Å²) in [5.41, 5.74) is 0. The Hall–Kier alpha value is -0.980. The van der Waals surface area contributed by atoms with Gasteiger partial charge in [-0.05, 0) is 20.9 Å². The van der Waals surface area contributed by atoms with E-state index in [4.69, 9.17) is 4.74 Å². The van der Waals surface area contributed by atoms with Crippen LogP contribution >= 0.6 is 11.3 Å². The van der Waals surface area contributed by atoms with Crippen molar-refractivity contribution in [2.45, 2.75) is 20.0 Å². The van der Waals surface area contributed by atoms with E-state index in [2.05, 4.69) is 10.3 Å². The molecule has 0 aliphatic rings. The minimum Gasteiger partial charge on any atom is -0.372 e. The summed E-state index contributed by atoms with van der Waals surface area (Å²) in [7, 11) is 3.66. The number of nitrogens with one attached hydrogen (secondary N) is 1. The van der Waals surface area contributed by atoms with Gasteiger partial charge in [-0.3, -0.25) is 4.79 Å². The number of aromatic nitrogens is 1. The molecule has 1 amide bonds. The highest BCUT2D eigenvalue weighted by molar-refractivity contribution is 7.13. The summed E-state index contributed by atoms with van der Waals surface area (Å²) in [4.78, 5) is 18.7. The largest absolute Gasteiger partial charge is 0.372 e. The van der Waals surface area contributed by atoms with Gasteiger partial charge < -0.3 is 15.0 Å². The molecule has 1 atom stereocenters. The number of hydrogen-bond donors (Lipinski definition) is 1. The molecule has 6 heteroatoms. The molecule has 0 saturated carbocycles. The average molecular weight is 271 g/mol. The number of carbonyl (C=O) groups excluding carboxylic acids is 1. The van der Waals surface area contributed by atoms with Gasteiger partial charge in [0, 0.05) is 26.7 Å². The third-order valence-corrected chi connectivity index (χ3v) is 3.69. The van der Waals surface area contributed by atoms with Gasteiger partial charge in [-0.25, -0.2) is 4.98 Å². The lowest BCUT2D eigenvalue weighted by molar-refractivity contribution is 0.0762. The van der Waals surface area contributed by atoms with Crippen molar-refractivity contribution in [2.75, 3.05) is 33.8 Å². The number of ether oxygens (including phenoxy) is 1. The molecule has 0 aromatic carbocycles. The van der Waals surface area contributed by atoms with Crippen molar-refractivity contribution in [3.8, 4) is 0 Å². The van der Waals surface area contributed by atoms with Crippen LogP contribution in [0, 0.1) is 0 Å². The zero-order chi connectivity index (χ0) is 13.5. The van der Waals surface area contributed by atoms with Crippen LogP contribution in [-0.4, -0.2) is 49.6 Å². The third-order valence-electron chi connectivity index (χ3n) is 2.54. The Labute approximate surface area is 112 Å². The van der Waals surface area contributed by atoms with Crippen LogP contribution in [0.5, 0.6) is 0 Å². The lowest BCUT2D eigenvalue weighted by atomic mass is 10.4. The Kier molecular flexibility index (Phi) is 6.24. The molecule has 0 radical (unpaired) electrons. The summed E-state index contributed by atoms with van der Waals surface area (Å²) < 4.78 is 5.46. The Balaban J connectivity index is 2.64. The molecule has 0 bridgehead atoms. The van der Waals surface area contributed by atoms with Crippen LogP contribution in [0.3, 0.4) is 0 Å². The number of likely N-dealkylation sites (N-methyl/N-ethyl adjacent to an activating group) is 2. The Morgan fingerprint density at radius 2 is 2.39 bits per heavy atom. The number of carbonyl (C=O) groups is 1. The highest BCUT2D eigenvalue weighted by atomic mass is 32.1. The monoisotopic (exact) mass is 271 g/mol. The highest BCUT2D eigenvalue weighted by Crippen LogP contribution is 2.23. The number of amides is 1. The predicted molar refractivity (Wildman–Crippen MR) is 73.0 cm³/mol. The van der Waals surface area contributed by atoms with Gasteiger partial charge in [-0.2, -0.15) is 0 Å². The van der Waals surface area contributed by atoms with E-state index in [9.17, 15) is 4.79 Å². The first-order valence-corrected chi connectivity index (χ1v) is 6.89. The van der Waals surface area contributed by atoms with Gasteiger partial charge in [-0.15, -0.1) is 11.3 Å². The van der Waals surface area contributed by atoms with E-state index in [1.165, 1.54) is 11.3 Å². The summed E-state index contributed by atoms with van der Waals surface area (Å²) in [5.74, 6) is 0.0118. The molecule has 0 aliphatic carbocycles. The second-order valence-corrected chi connectivity index (χ2v) is 5.05. The van der Waals surface area contributed by atoms with Gasteiger partial charge in [0.25, 0.3) is 5.91 Å². The SMILES string of the molecule is CCOC(C)c1ncc(C(=O)N(C)CCNC)s1. The Morgan fingerprint density at radius 3 is 3.00 bits per heavy atom. The Bertz CT molecular complexity index is 381. The van der Waals surface area contributed by atoms with Gasteiger partial charge >= 0.3 is 0 Å². The van der Waals surface area contributed by atoms with Crippen LogP contribution in [0.1, 0.15) is 34.6 Å². The minimum atomic E-state index is -0.0517. The molecule has 0 aliphatic heterocycles. The summed E-state index contributed by atoms with van der Waals surface area (Å²) in [5, 5.41) is 3.87. The van der Waals surface area contributed by atoms with Gasteiger partial charge in [0.2, 0.25) is 0 Å². The molecule has 1 N–H and O–H groups in total. The standard InChI is InChI=1S/C12H21N3O2S/c1-5-17-9(2)11-14-8-10(18-11)12(16)15(4)7-6-13-3/h8-9,13H,5-7H2,1-4H3. The maximum atomic E-state index is 12.1. The minimum absolute atomic E-state index is 0.0118. The molecule has 5 nitrogen and oxygen atoms in total. The van der Waals surface area contributed by atoms with E-state index < -0.39 is 0 Å². The molecule has 1 unspecified atom stereocenters. The first-order valence-electron chi connectivity index (χ1n) is 6.07. The number of nitrogens with zero attached hydrogens (tertiary/aromatic N) is 2. The van der Waals surface area contributed by atoms with Crippen molar-refractivity contribution in [3.05, 3.63) is 16.1 Å². The first-order chi connectivity index (χ1) is 8.60. The van der Waals surface area contributed by atoms with Crippen molar-refractivity contribution in [1.29, 1.82) is 0 Å². The second kappa shape index (κ2) is 7.45. The normalized spacial score (nSPS) is 12.4. The van der Waals surface area contributed by atoms with Crippen LogP contribution in [0.15, 0.2) is 6.20 Å². The Morgan fingerprint density at radius 1 is 1.67 bits per heavy atom. The van der Waals surface area contributed by atoms with Crippen molar-refractivity contribution < 1.29 is 9.53 Å². The molecule has 1 heterocycles. The molecule has 0 fully saturated rings. The van der Waals surface area contributed by atoms with Gasteiger partial charge in [0.15, 0.2) is 0 Å². The van der Waals surface area contributed by atoms with E-state index in [-0.39, 0.29) is 12.0 Å². The predicted octanol–water partition coefficient (Wildman–Crippen LogP) is 1.53. The first kappa shape index (κ1) is 15.1. The molecule has 102 valence electrons. The molecular formula is C12H21N3O2S. The molecule has 0 saturated heterocycles. The fourth-order valence-corrected chi connectivity index (χ4v) is 2.38. The summed E-state index contributed by atoms with van der Waals surface area (Å²) >= 11 is 1.40. The molecule has 0 spiro atoms. The van der Waals surface area contributed by atoms with Crippen LogP contribution < -0.4 is 5.32 Å². The fourth-order valence-electron chi connectivity index (χ4n) is 1.46. The highest BCUT2D eigenvalue weighted by Gasteiger charge is 2.17. The lowest BCUT2D eigenvalue weighted by Crippen LogP contribution is -2.32. The zero-order valence-electron chi connectivity index (χ0n) is 11.4. The summed E-state index contributed by atoms with van der Waals surface area (Å²) in [6.45, 7) is 6.00. The van der Waals surface area contributed by atoms with E-state index in [1.54, 1.807) is 18.1 Å². The summed E-state index contributed by atoms with van der Waals surface area (Å²) in [6.07, 6.45) is 1.58. The molecule has 1 aromatic rings. The zero-order valence-corrected chi connectivity index (χ0v) is 12.2. The van der Waals surface area contributed by atoms with Crippen molar-refractivity contribution >= 4 is 17.2 Å². The van der Waals surface area contributed by atoms with E-state index in [1.807, 2.05) is 20.9 Å². The summed E-state index contributed by atoms with van der Waals surface area (Å²) in [6, 6.07) is 0.